The van der Waals surface area contributed by atoms with Crippen molar-refractivity contribution in [2.45, 2.75) is 4.90 Å². The maximum atomic E-state index is 12.9. The van der Waals surface area contributed by atoms with Crippen LogP contribution in [0.15, 0.2) is 53.4 Å². The summed E-state index contributed by atoms with van der Waals surface area (Å²) in [6, 6.07) is 10.2. The number of sulfonamides is 2. The molecule has 1 amide bonds. The third kappa shape index (κ3) is 5.27. The Kier molecular flexibility index (Phi) is 6.42. The predicted octanol–water partition coefficient (Wildman–Crippen LogP) is 1.48. The van der Waals surface area contributed by atoms with E-state index in [2.05, 4.69) is 5.32 Å². The average molecular weight is 429 g/mol. The number of carbonyl (C=O) groups excluding carboxylic acids is 1. The van der Waals surface area contributed by atoms with Crippen molar-refractivity contribution in [1.29, 1.82) is 0 Å². The van der Waals surface area contributed by atoms with Gasteiger partial charge in [-0.05, 0) is 48.5 Å². The first-order chi connectivity index (χ1) is 12.9. The molecule has 152 valence electrons. The van der Waals surface area contributed by atoms with E-state index in [1.807, 2.05) is 0 Å². The molecule has 0 spiro atoms. The highest BCUT2D eigenvalue weighted by Crippen LogP contribution is 2.22. The standard InChI is InChI=1S/C17H20FN3O5S2/c1-20(2)28(25,26)16-10-8-15(9-11-16)21(27(3,23)24)12-17(22)19-14-6-4-13(18)5-7-14/h4-11H,12H2,1-3H3,(H,19,22). The number of hydrogen-bond acceptors (Lipinski definition) is 5. The van der Waals surface area contributed by atoms with E-state index >= 15 is 0 Å². The quantitative estimate of drug-likeness (QED) is 0.718. The average Bonchev–Trinajstić information content (AvgIpc) is 2.61. The molecule has 11 heteroatoms. The van der Waals surface area contributed by atoms with Crippen molar-refractivity contribution in [2.75, 3.05) is 36.5 Å². The number of anilines is 2. The molecular formula is C17H20FN3O5S2. The normalized spacial score (nSPS) is 12.0. The highest BCUT2D eigenvalue weighted by molar-refractivity contribution is 7.92. The zero-order chi connectivity index (χ0) is 21.1. The van der Waals surface area contributed by atoms with Gasteiger partial charge in [0.25, 0.3) is 0 Å². The monoisotopic (exact) mass is 429 g/mol. The van der Waals surface area contributed by atoms with Crippen molar-refractivity contribution in [3.63, 3.8) is 0 Å². The summed E-state index contributed by atoms with van der Waals surface area (Å²) in [6.07, 6.45) is 0.933. The number of rotatable bonds is 7. The van der Waals surface area contributed by atoms with Gasteiger partial charge >= 0.3 is 0 Å². The van der Waals surface area contributed by atoms with E-state index in [4.69, 9.17) is 0 Å². The van der Waals surface area contributed by atoms with Crippen LogP contribution >= 0.6 is 0 Å². The van der Waals surface area contributed by atoms with Gasteiger partial charge in [-0.1, -0.05) is 0 Å². The minimum Gasteiger partial charge on any atom is -0.325 e. The second-order valence-corrected chi connectivity index (χ2v) is 10.2. The second kappa shape index (κ2) is 8.25. The zero-order valence-electron chi connectivity index (χ0n) is 15.5. The molecule has 0 fully saturated rings. The predicted molar refractivity (Wildman–Crippen MR) is 105 cm³/mol. The summed E-state index contributed by atoms with van der Waals surface area (Å²) < 4.78 is 63.3. The Morgan fingerprint density at radius 1 is 0.964 bits per heavy atom. The third-order valence-corrected chi connectivity index (χ3v) is 6.69. The van der Waals surface area contributed by atoms with Gasteiger partial charge in [0.15, 0.2) is 0 Å². The summed E-state index contributed by atoms with van der Waals surface area (Å²) in [7, 11) is -4.73. The van der Waals surface area contributed by atoms with Crippen LogP contribution in [-0.2, 0) is 24.8 Å². The van der Waals surface area contributed by atoms with E-state index < -0.39 is 38.3 Å². The van der Waals surface area contributed by atoms with Crippen LogP contribution in [0.3, 0.4) is 0 Å². The van der Waals surface area contributed by atoms with Crippen molar-refractivity contribution in [3.8, 4) is 0 Å². The molecule has 0 saturated heterocycles. The van der Waals surface area contributed by atoms with Gasteiger partial charge in [0.1, 0.15) is 12.4 Å². The van der Waals surface area contributed by atoms with Crippen molar-refractivity contribution in [2.24, 2.45) is 0 Å². The second-order valence-electron chi connectivity index (χ2n) is 6.11. The molecule has 0 unspecified atom stereocenters. The van der Waals surface area contributed by atoms with Gasteiger partial charge in [-0.25, -0.2) is 25.5 Å². The number of halogens is 1. The van der Waals surface area contributed by atoms with Gasteiger partial charge in [-0.15, -0.1) is 0 Å². The first-order valence-electron chi connectivity index (χ1n) is 7.97. The lowest BCUT2D eigenvalue weighted by atomic mass is 10.3. The summed E-state index contributed by atoms with van der Waals surface area (Å²) in [6.45, 7) is -0.532. The van der Waals surface area contributed by atoms with Crippen LogP contribution in [0.25, 0.3) is 0 Å². The van der Waals surface area contributed by atoms with Crippen molar-refractivity contribution in [1.82, 2.24) is 4.31 Å². The molecule has 0 aromatic heterocycles. The molecule has 2 rings (SSSR count). The molecule has 2 aromatic rings. The van der Waals surface area contributed by atoms with Crippen LogP contribution in [0.1, 0.15) is 0 Å². The fourth-order valence-corrected chi connectivity index (χ4v) is 4.02. The van der Waals surface area contributed by atoms with Gasteiger partial charge in [0, 0.05) is 19.8 Å². The zero-order valence-corrected chi connectivity index (χ0v) is 17.1. The highest BCUT2D eigenvalue weighted by atomic mass is 32.2. The largest absolute Gasteiger partial charge is 0.325 e. The lowest BCUT2D eigenvalue weighted by Crippen LogP contribution is -2.37. The molecule has 0 aliphatic carbocycles. The van der Waals surface area contributed by atoms with Crippen LogP contribution in [0.4, 0.5) is 15.8 Å². The number of nitrogens with one attached hydrogen (secondary N) is 1. The molecule has 0 bridgehead atoms. The first-order valence-corrected chi connectivity index (χ1v) is 11.3. The first kappa shape index (κ1) is 21.8. The lowest BCUT2D eigenvalue weighted by molar-refractivity contribution is -0.114. The number of nitrogens with zero attached hydrogens (tertiary/aromatic N) is 2. The van der Waals surface area contributed by atoms with E-state index in [1.54, 1.807) is 0 Å². The van der Waals surface area contributed by atoms with Crippen LogP contribution < -0.4 is 9.62 Å². The van der Waals surface area contributed by atoms with Crippen LogP contribution in [0, 0.1) is 5.82 Å². The van der Waals surface area contributed by atoms with E-state index in [0.29, 0.717) is 5.69 Å². The maximum Gasteiger partial charge on any atom is 0.245 e. The summed E-state index contributed by atoms with van der Waals surface area (Å²) in [5.41, 5.74) is 0.446. The Bertz CT molecular complexity index is 1050. The van der Waals surface area contributed by atoms with Gasteiger partial charge in [0.2, 0.25) is 26.0 Å². The minimum absolute atomic E-state index is 0.00883. The third-order valence-electron chi connectivity index (χ3n) is 3.72. The van der Waals surface area contributed by atoms with Gasteiger partial charge < -0.3 is 5.32 Å². The van der Waals surface area contributed by atoms with Gasteiger partial charge in [-0.2, -0.15) is 0 Å². The molecule has 0 saturated carbocycles. The van der Waals surface area contributed by atoms with Crippen LogP contribution in [0.5, 0.6) is 0 Å². The topological polar surface area (TPSA) is 104 Å². The Morgan fingerprint density at radius 2 is 1.50 bits per heavy atom. The summed E-state index contributed by atoms with van der Waals surface area (Å²) in [4.78, 5) is 12.2. The lowest BCUT2D eigenvalue weighted by Gasteiger charge is -2.22. The Labute approximate surface area is 163 Å². The van der Waals surface area contributed by atoms with E-state index in [1.165, 1.54) is 50.5 Å². The molecule has 0 atom stereocenters. The summed E-state index contributed by atoms with van der Waals surface area (Å²) in [5, 5.41) is 2.48. The molecule has 0 radical (unpaired) electrons. The van der Waals surface area contributed by atoms with E-state index in [-0.39, 0.29) is 10.6 Å². The van der Waals surface area contributed by atoms with Gasteiger partial charge in [-0.3, -0.25) is 9.10 Å². The number of carbonyl (C=O) groups is 1. The summed E-state index contributed by atoms with van der Waals surface area (Å²) >= 11 is 0. The fraction of sp³-hybridized carbons (Fsp3) is 0.235. The molecule has 2 aromatic carbocycles. The van der Waals surface area contributed by atoms with E-state index in [0.717, 1.165) is 27.0 Å². The highest BCUT2D eigenvalue weighted by Gasteiger charge is 2.23. The molecule has 1 N–H and O–H groups in total. The number of amides is 1. The maximum absolute atomic E-state index is 12.9. The number of benzene rings is 2. The Hall–Kier alpha value is -2.50. The summed E-state index contributed by atoms with van der Waals surface area (Å²) in [5.74, 6) is -1.11. The minimum atomic E-state index is -3.82. The van der Waals surface area contributed by atoms with E-state index in [9.17, 15) is 26.0 Å². The SMILES string of the molecule is CN(C)S(=O)(=O)c1ccc(N(CC(=O)Nc2ccc(F)cc2)S(C)(=O)=O)cc1. The smallest absolute Gasteiger partial charge is 0.245 e. The Balaban J connectivity index is 2.24. The molecular weight excluding hydrogens is 409 g/mol. The Morgan fingerprint density at radius 3 is 1.96 bits per heavy atom. The van der Waals surface area contributed by atoms with Crippen molar-refractivity contribution >= 4 is 37.3 Å². The molecule has 0 aliphatic rings. The van der Waals surface area contributed by atoms with Crippen LogP contribution in [-0.4, -0.2) is 53.9 Å². The van der Waals surface area contributed by atoms with Gasteiger partial charge in [0.05, 0.1) is 16.8 Å². The van der Waals surface area contributed by atoms with Crippen molar-refractivity contribution in [3.05, 3.63) is 54.3 Å². The molecule has 0 heterocycles. The fourth-order valence-electron chi connectivity index (χ4n) is 2.26. The number of hydrogen-bond donors (Lipinski definition) is 1. The molecule has 0 aliphatic heterocycles. The molecule has 8 nitrogen and oxygen atoms in total. The van der Waals surface area contributed by atoms with Crippen molar-refractivity contribution < 1.29 is 26.0 Å². The molecule has 28 heavy (non-hydrogen) atoms. The van der Waals surface area contributed by atoms with Crippen LogP contribution in [0.2, 0.25) is 0 Å².